The van der Waals surface area contributed by atoms with E-state index in [0.717, 1.165) is 19.3 Å². The first-order valence-corrected chi connectivity index (χ1v) is 11.5. The fourth-order valence-corrected chi connectivity index (χ4v) is 4.08. The number of benzene rings is 1. The van der Waals surface area contributed by atoms with Crippen LogP contribution < -0.4 is 0 Å². The Balaban J connectivity index is 1.77. The van der Waals surface area contributed by atoms with Crippen LogP contribution in [-0.2, 0) is 16.0 Å². The van der Waals surface area contributed by atoms with Crippen LogP contribution in [0.3, 0.4) is 0 Å². The molecule has 1 aromatic carbocycles. The van der Waals surface area contributed by atoms with Crippen molar-refractivity contribution in [2.45, 2.75) is 83.2 Å². The van der Waals surface area contributed by atoms with Crippen molar-refractivity contribution < 1.29 is 24.9 Å². The molecule has 5 nitrogen and oxygen atoms in total. The quantitative estimate of drug-likeness (QED) is 0.265. The molecular formula is C26H38O5. The number of aliphatic hydroxyl groups excluding tert-OH is 3. The van der Waals surface area contributed by atoms with Gasteiger partial charge in [-0.25, -0.2) is 0 Å². The van der Waals surface area contributed by atoms with Gasteiger partial charge in [-0.2, -0.15) is 0 Å². The SMILES string of the molecule is CC(C)OC(=O)CCCC=CC[C@H]1C(O)CC(O)[C@@H]1C=CC(O)CCc1ccccc1. The molecule has 3 unspecified atom stereocenters. The Hall–Kier alpha value is -1.95. The summed E-state index contributed by atoms with van der Waals surface area (Å²) >= 11 is 0. The van der Waals surface area contributed by atoms with E-state index in [1.165, 1.54) is 5.56 Å². The first-order valence-electron chi connectivity index (χ1n) is 11.5. The van der Waals surface area contributed by atoms with Gasteiger partial charge in [0, 0.05) is 18.8 Å². The van der Waals surface area contributed by atoms with Gasteiger partial charge >= 0.3 is 5.97 Å². The number of hydrogen-bond donors (Lipinski definition) is 3. The fraction of sp³-hybridized carbons (Fsp3) is 0.577. The third-order valence-electron chi connectivity index (χ3n) is 5.74. The van der Waals surface area contributed by atoms with Gasteiger partial charge in [-0.15, -0.1) is 0 Å². The average molecular weight is 431 g/mol. The van der Waals surface area contributed by atoms with Gasteiger partial charge in [-0.05, 0) is 57.4 Å². The summed E-state index contributed by atoms with van der Waals surface area (Å²) in [7, 11) is 0. The van der Waals surface area contributed by atoms with Crippen molar-refractivity contribution >= 4 is 5.97 Å². The molecule has 1 aromatic rings. The van der Waals surface area contributed by atoms with E-state index < -0.39 is 18.3 Å². The van der Waals surface area contributed by atoms with Gasteiger partial charge in [0.25, 0.3) is 0 Å². The van der Waals surface area contributed by atoms with Gasteiger partial charge in [0.1, 0.15) is 0 Å². The highest BCUT2D eigenvalue weighted by molar-refractivity contribution is 5.69. The van der Waals surface area contributed by atoms with Crippen LogP contribution in [0.1, 0.15) is 57.9 Å². The highest BCUT2D eigenvalue weighted by Crippen LogP contribution is 2.36. The van der Waals surface area contributed by atoms with Gasteiger partial charge in [0.2, 0.25) is 0 Å². The lowest BCUT2D eigenvalue weighted by atomic mass is 9.89. The molecule has 31 heavy (non-hydrogen) atoms. The number of rotatable bonds is 12. The zero-order valence-corrected chi connectivity index (χ0v) is 18.8. The maximum Gasteiger partial charge on any atom is 0.306 e. The molecule has 0 spiro atoms. The number of hydrogen-bond acceptors (Lipinski definition) is 5. The van der Waals surface area contributed by atoms with Crippen LogP contribution in [0.4, 0.5) is 0 Å². The van der Waals surface area contributed by atoms with Crippen LogP contribution in [-0.4, -0.2) is 45.7 Å². The third kappa shape index (κ3) is 9.38. The Kier molecular flexibility index (Phi) is 11.0. The summed E-state index contributed by atoms with van der Waals surface area (Å²) in [4.78, 5) is 11.5. The summed E-state index contributed by atoms with van der Waals surface area (Å²) < 4.78 is 5.11. The molecule has 1 fully saturated rings. The summed E-state index contributed by atoms with van der Waals surface area (Å²) in [6.07, 6.45) is 10.2. The number of ether oxygens (including phenoxy) is 1. The van der Waals surface area contributed by atoms with E-state index in [9.17, 15) is 20.1 Å². The Morgan fingerprint density at radius 1 is 1.16 bits per heavy atom. The molecule has 0 saturated heterocycles. The van der Waals surface area contributed by atoms with Gasteiger partial charge in [0.05, 0.1) is 24.4 Å². The van der Waals surface area contributed by atoms with E-state index in [1.807, 2.05) is 62.4 Å². The van der Waals surface area contributed by atoms with Crippen LogP contribution in [0.5, 0.6) is 0 Å². The smallest absolute Gasteiger partial charge is 0.306 e. The molecule has 172 valence electrons. The predicted octanol–water partition coefficient (Wildman–Crippen LogP) is 3.96. The van der Waals surface area contributed by atoms with Crippen molar-refractivity contribution in [1.82, 2.24) is 0 Å². The van der Waals surface area contributed by atoms with Crippen molar-refractivity contribution in [1.29, 1.82) is 0 Å². The minimum atomic E-state index is -0.600. The van der Waals surface area contributed by atoms with Gasteiger partial charge in [0.15, 0.2) is 0 Å². The minimum Gasteiger partial charge on any atom is -0.463 e. The molecule has 1 aliphatic rings. The Morgan fingerprint density at radius 2 is 1.90 bits per heavy atom. The molecule has 0 radical (unpaired) electrons. The second-order valence-electron chi connectivity index (χ2n) is 8.73. The Labute approximate surface area is 186 Å². The van der Waals surface area contributed by atoms with Gasteiger partial charge in [-0.3, -0.25) is 4.79 Å². The van der Waals surface area contributed by atoms with E-state index in [2.05, 4.69) is 0 Å². The zero-order valence-electron chi connectivity index (χ0n) is 18.8. The van der Waals surface area contributed by atoms with Crippen LogP contribution in [0.2, 0.25) is 0 Å². The molecule has 5 heteroatoms. The summed E-state index contributed by atoms with van der Waals surface area (Å²) in [6.45, 7) is 3.68. The van der Waals surface area contributed by atoms with Crippen LogP contribution in [0.15, 0.2) is 54.6 Å². The molecule has 0 aliphatic heterocycles. The molecule has 1 saturated carbocycles. The number of aryl methyl sites for hydroxylation is 1. The molecule has 0 bridgehead atoms. The number of aliphatic hydroxyl groups is 3. The van der Waals surface area contributed by atoms with Gasteiger partial charge < -0.3 is 20.1 Å². The average Bonchev–Trinajstić information content (AvgIpc) is 3.00. The van der Waals surface area contributed by atoms with E-state index in [-0.39, 0.29) is 23.9 Å². The van der Waals surface area contributed by atoms with Crippen molar-refractivity contribution in [3.05, 3.63) is 60.2 Å². The topological polar surface area (TPSA) is 87.0 Å². The van der Waals surface area contributed by atoms with E-state index in [0.29, 0.717) is 25.7 Å². The molecule has 2 rings (SSSR count). The standard InChI is InChI=1S/C26H38O5/c1-19(2)31-26(30)13-9-4-3-8-12-22-23(25(29)18-24(22)28)17-16-21(27)15-14-20-10-6-5-7-11-20/h3,5-8,10-11,16-17,19,21-25,27-29H,4,9,12-15,18H2,1-2H3/t21?,22-,23-,24?,25?/m1/s1. The minimum absolute atomic E-state index is 0.0743. The van der Waals surface area contributed by atoms with Crippen LogP contribution in [0.25, 0.3) is 0 Å². The van der Waals surface area contributed by atoms with Crippen molar-refractivity contribution in [3.63, 3.8) is 0 Å². The van der Waals surface area contributed by atoms with Crippen molar-refractivity contribution in [2.24, 2.45) is 11.8 Å². The molecular weight excluding hydrogens is 392 g/mol. The number of esters is 1. The highest BCUT2D eigenvalue weighted by atomic mass is 16.5. The maximum atomic E-state index is 11.5. The number of carbonyl (C=O) groups is 1. The van der Waals surface area contributed by atoms with Crippen LogP contribution >= 0.6 is 0 Å². The van der Waals surface area contributed by atoms with Crippen molar-refractivity contribution in [3.8, 4) is 0 Å². The fourth-order valence-electron chi connectivity index (χ4n) is 4.08. The number of carbonyl (C=O) groups excluding carboxylic acids is 1. The highest BCUT2D eigenvalue weighted by Gasteiger charge is 2.39. The monoisotopic (exact) mass is 430 g/mol. The number of unbranched alkanes of at least 4 members (excludes halogenated alkanes) is 1. The Bertz CT molecular complexity index is 697. The lowest BCUT2D eigenvalue weighted by Crippen LogP contribution is -2.20. The van der Waals surface area contributed by atoms with Crippen molar-refractivity contribution in [2.75, 3.05) is 0 Å². The summed E-state index contributed by atoms with van der Waals surface area (Å²) in [5, 5.41) is 31.0. The maximum absolute atomic E-state index is 11.5. The lowest BCUT2D eigenvalue weighted by Gasteiger charge is -2.19. The van der Waals surface area contributed by atoms with E-state index in [1.54, 1.807) is 6.08 Å². The second-order valence-corrected chi connectivity index (χ2v) is 8.73. The molecule has 3 N–H and O–H groups in total. The summed E-state index contributed by atoms with van der Waals surface area (Å²) in [6, 6.07) is 10.0. The lowest BCUT2D eigenvalue weighted by molar-refractivity contribution is -0.147. The Morgan fingerprint density at radius 3 is 2.61 bits per heavy atom. The normalized spacial score (nSPS) is 25.0. The molecule has 0 heterocycles. The number of allylic oxidation sites excluding steroid dienone is 2. The van der Waals surface area contributed by atoms with Gasteiger partial charge in [-0.1, -0.05) is 54.6 Å². The summed E-state index contributed by atoms with van der Waals surface area (Å²) in [5.41, 5.74) is 1.19. The first kappa shape index (κ1) is 25.3. The molecule has 1 aliphatic carbocycles. The third-order valence-corrected chi connectivity index (χ3v) is 5.74. The van der Waals surface area contributed by atoms with E-state index in [4.69, 9.17) is 4.74 Å². The first-order chi connectivity index (χ1) is 14.9. The van der Waals surface area contributed by atoms with Crippen LogP contribution in [0, 0.1) is 11.8 Å². The molecule has 0 amide bonds. The van der Waals surface area contributed by atoms with E-state index >= 15 is 0 Å². The summed E-state index contributed by atoms with van der Waals surface area (Å²) in [5.74, 6) is -0.421. The molecule has 0 aromatic heterocycles. The largest absolute Gasteiger partial charge is 0.463 e. The predicted molar refractivity (Wildman–Crippen MR) is 122 cm³/mol. The zero-order chi connectivity index (χ0) is 22.6. The second kappa shape index (κ2) is 13.5. The molecule has 5 atom stereocenters.